The monoisotopic (exact) mass is 414 g/mol. The van der Waals surface area contributed by atoms with Crippen molar-refractivity contribution in [1.29, 1.82) is 0 Å². The third-order valence-corrected chi connectivity index (χ3v) is 5.12. The third-order valence-electron chi connectivity index (χ3n) is 5.12. The average Bonchev–Trinajstić information content (AvgIpc) is 3.04. The van der Waals surface area contributed by atoms with Gasteiger partial charge >= 0.3 is 0 Å². The van der Waals surface area contributed by atoms with Crippen molar-refractivity contribution in [3.05, 3.63) is 89.6 Å². The van der Waals surface area contributed by atoms with Gasteiger partial charge in [-0.25, -0.2) is 4.90 Å². The summed E-state index contributed by atoms with van der Waals surface area (Å²) in [7, 11) is 3.09. The normalized spacial score (nSPS) is 13.6. The molecule has 1 aliphatic rings. The van der Waals surface area contributed by atoms with Crippen molar-refractivity contribution in [2.45, 2.75) is 6.92 Å². The Morgan fingerprint density at radius 3 is 2.03 bits per heavy atom. The molecule has 0 saturated heterocycles. The highest BCUT2D eigenvalue weighted by Gasteiger charge is 2.41. The van der Waals surface area contributed by atoms with Gasteiger partial charge in [-0.3, -0.25) is 9.59 Å². The molecule has 156 valence electrons. The second-order valence-corrected chi connectivity index (χ2v) is 7.06. The van der Waals surface area contributed by atoms with Crippen LogP contribution in [0.25, 0.3) is 5.57 Å². The van der Waals surface area contributed by atoms with Crippen LogP contribution in [0.2, 0.25) is 0 Å². The second-order valence-electron chi connectivity index (χ2n) is 7.06. The first-order valence-electron chi connectivity index (χ1n) is 9.78. The third kappa shape index (κ3) is 3.64. The number of nitrogens with one attached hydrogen (secondary N) is 1. The van der Waals surface area contributed by atoms with Gasteiger partial charge in [-0.15, -0.1) is 0 Å². The molecule has 2 amide bonds. The van der Waals surface area contributed by atoms with Gasteiger partial charge in [-0.05, 0) is 37.3 Å². The van der Waals surface area contributed by atoms with Crippen molar-refractivity contribution in [1.82, 2.24) is 0 Å². The Morgan fingerprint density at radius 2 is 1.35 bits per heavy atom. The number of carbonyl (C=O) groups is 2. The molecule has 0 radical (unpaired) electrons. The Labute approximate surface area is 180 Å². The predicted octanol–water partition coefficient (Wildman–Crippen LogP) is 4.41. The quantitative estimate of drug-likeness (QED) is 0.605. The van der Waals surface area contributed by atoms with Crippen molar-refractivity contribution in [3.63, 3.8) is 0 Å². The Morgan fingerprint density at radius 1 is 0.742 bits per heavy atom. The predicted molar refractivity (Wildman–Crippen MR) is 120 cm³/mol. The number of hydrogen-bond donors (Lipinski definition) is 1. The van der Waals surface area contributed by atoms with Crippen LogP contribution >= 0.6 is 0 Å². The molecule has 3 aromatic carbocycles. The Hall–Kier alpha value is -4.06. The summed E-state index contributed by atoms with van der Waals surface area (Å²) >= 11 is 0. The molecule has 0 atom stereocenters. The van der Waals surface area contributed by atoms with Crippen LogP contribution in [0.1, 0.15) is 11.1 Å². The molecule has 1 heterocycles. The molecular formula is C25H22N2O4. The summed E-state index contributed by atoms with van der Waals surface area (Å²) in [6.07, 6.45) is 0. The van der Waals surface area contributed by atoms with Gasteiger partial charge in [0.25, 0.3) is 11.8 Å². The fourth-order valence-electron chi connectivity index (χ4n) is 3.56. The minimum atomic E-state index is -0.444. The molecule has 6 heteroatoms. The average molecular weight is 414 g/mol. The van der Waals surface area contributed by atoms with Gasteiger partial charge in [0.15, 0.2) is 0 Å². The fraction of sp³-hybridized carbons (Fsp3) is 0.120. The maximum Gasteiger partial charge on any atom is 0.282 e. The van der Waals surface area contributed by atoms with E-state index in [-0.39, 0.29) is 11.3 Å². The van der Waals surface area contributed by atoms with Gasteiger partial charge in [-0.1, -0.05) is 48.0 Å². The molecule has 0 aromatic heterocycles. The Balaban J connectivity index is 1.88. The van der Waals surface area contributed by atoms with Gasteiger partial charge in [0.05, 0.1) is 31.2 Å². The van der Waals surface area contributed by atoms with E-state index >= 15 is 0 Å². The van der Waals surface area contributed by atoms with Gasteiger partial charge in [0.1, 0.15) is 17.2 Å². The molecule has 1 aliphatic heterocycles. The molecule has 0 aliphatic carbocycles. The SMILES string of the molecule is COc1ccccc1NC1=C(c2ccccc2OC)C(=O)N(c2ccc(C)cc2)C1=O. The molecule has 4 rings (SSSR count). The number of anilines is 2. The molecule has 0 unspecified atom stereocenters. The van der Waals surface area contributed by atoms with Gasteiger partial charge in [-0.2, -0.15) is 0 Å². The number of carbonyl (C=O) groups excluding carboxylic acids is 2. The van der Waals surface area contributed by atoms with Crippen LogP contribution in [0, 0.1) is 6.92 Å². The number of amides is 2. The number of ether oxygens (including phenoxy) is 2. The number of imide groups is 1. The maximum absolute atomic E-state index is 13.5. The lowest BCUT2D eigenvalue weighted by Crippen LogP contribution is -2.32. The minimum Gasteiger partial charge on any atom is -0.496 e. The van der Waals surface area contributed by atoms with E-state index in [0.29, 0.717) is 28.4 Å². The lowest BCUT2D eigenvalue weighted by atomic mass is 10.0. The van der Waals surface area contributed by atoms with E-state index in [9.17, 15) is 9.59 Å². The van der Waals surface area contributed by atoms with Crippen LogP contribution < -0.4 is 19.7 Å². The molecule has 31 heavy (non-hydrogen) atoms. The molecule has 1 N–H and O–H groups in total. The highest BCUT2D eigenvalue weighted by Crippen LogP contribution is 2.38. The zero-order chi connectivity index (χ0) is 22.0. The highest BCUT2D eigenvalue weighted by atomic mass is 16.5. The van der Waals surface area contributed by atoms with Crippen LogP contribution in [-0.4, -0.2) is 26.0 Å². The molecule has 0 fully saturated rings. The summed E-state index contributed by atoms with van der Waals surface area (Å²) in [5.41, 5.74) is 3.07. The first kappa shape index (κ1) is 20.2. The smallest absolute Gasteiger partial charge is 0.282 e. The lowest BCUT2D eigenvalue weighted by molar-refractivity contribution is -0.120. The number of benzene rings is 3. The Bertz CT molecular complexity index is 1180. The Kier molecular flexibility index (Phi) is 5.45. The summed E-state index contributed by atoms with van der Waals surface area (Å²) in [5.74, 6) is 0.198. The largest absolute Gasteiger partial charge is 0.496 e. The first-order chi connectivity index (χ1) is 15.0. The summed E-state index contributed by atoms with van der Waals surface area (Å²) in [5, 5.41) is 3.14. The van der Waals surface area contributed by atoms with E-state index in [1.165, 1.54) is 12.0 Å². The number of hydrogen-bond acceptors (Lipinski definition) is 5. The molecule has 6 nitrogen and oxygen atoms in total. The second kappa shape index (κ2) is 8.36. The van der Waals surface area contributed by atoms with E-state index in [2.05, 4.69) is 5.32 Å². The molecule has 0 bridgehead atoms. The van der Waals surface area contributed by atoms with E-state index in [4.69, 9.17) is 9.47 Å². The van der Waals surface area contributed by atoms with Gasteiger partial charge in [0, 0.05) is 5.56 Å². The van der Waals surface area contributed by atoms with Crippen molar-refractivity contribution >= 4 is 28.8 Å². The van der Waals surface area contributed by atoms with E-state index in [0.717, 1.165) is 5.56 Å². The number of methoxy groups -OCH3 is 2. The van der Waals surface area contributed by atoms with Crippen LogP contribution in [0.3, 0.4) is 0 Å². The number of rotatable bonds is 6. The van der Waals surface area contributed by atoms with Gasteiger partial charge < -0.3 is 14.8 Å². The lowest BCUT2D eigenvalue weighted by Gasteiger charge is -2.16. The van der Waals surface area contributed by atoms with E-state index < -0.39 is 11.8 Å². The summed E-state index contributed by atoms with van der Waals surface area (Å²) in [4.78, 5) is 28.2. The maximum atomic E-state index is 13.5. The molecule has 0 spiro atoms. The van der Waals surface area contributed by atoms with Crippen molar-refractivity contribution in [2.75, 3.05) is 24.4 Å². The van der Waals surface area contributed by atoms with Crippen LogP contribution in [0.4, 0.5) is 11.4 Å². The molecule has 3 aromatic rings. The summed E-state index contributed by atoms with van der Waals surface area (Å²) in [6.45, 7) is 1.95. The highest BCUT2D eigenvalue weighted by molar-refractivity contribution is 6.46. The zero-order valence-electron chi connectivity index (χ0n) is 17.5. The van der Waals surface area contributed by atoms with Crippen LogP contribution in [-0.2, 0) is 9.59 Å². The van der Waals surface area contributed by atoms with Gasteiger partial charge in [0.2, 0.25) is 0 Å². The van der Waals surface area contributed by atoms with Crippen LogP contribution in [0.5, 0.6) is 11.5 Å². The number of nitrogens with zero attached hydrogens (tertiary/aromatic N) is 1. The minimum absolute atomic E-state index is 0.166. The van der Waals surface area contributed by atoms with Crippen molar-refractivity contribution < 1.29 is 19.1 Å². The van der Waals surface area contributed by atoms with Crippen molar-refractivity contribution in [3.8, 4) is 11.5 Å². The van der Waals surface area contributed by atoms with Crippen LogP contribution in [0.15, 0.2) is 78.5 Å². The molecular weight excluding hydrogens is 392 g/mol. The van der Waals surface area contributed by atoms with E-state index in [1.54, 1.807) is 49.6 Å². The standard InChI is InChI=1S/C25H22N2O4/c1-16-12-14-17(15-13-16)27-24(28)22(18-8-4-6-10-20(18)30-2)23(25(27)29)26-19-9-5-7-11-21(19)31-3/h4-15,26H,1-3H3. The fourth-order valence-corrected chi connectivity index (χ4v) is 3.56. The number of aryl methyl sites for hydroxylation is 1. The first-order valence-corrected chi connectivity index (χ1v) is 9.78. The molecule has 0 saturated carbocycles. The topological polar surface area (TPSA) is 67.9 Å². The van der Waals surface area contributed by atoms with Crippen molar-refractivity contribution in [2.24, 2.45) is 0 Å². The van der Waals surface area contributed by atoms with E-state index in [1.807, 2.05) is 37.3 Å². The summed E-state index contributed by atoms with van der Waals surface area (Å²) < 4.78 is 10.9. The number of para-hydroxylation sites is 3. The summed E-state index contributed by atoms with van der Waals surface area (Å²) in [6, 6.07) is 21.6. The zero-order valence-corrected chi connectivity index (χ0v) is 17.5.